The number of aromatic nitrogens is 1. The van der Waals surface area contributed by atoms with Crippen molar-refractivity contribution < 1.29 is 22.4 Å². The van der Waals surface area contributed by atoms with E-state index in [1.165, 1.54) is 0 Å². The average Bonchev–Trinajstić information content (AvgIpc) is 2.38. The first kappa shape index (κ1) is 19.9. The fraction of sp³-hybridized carbons (Fsp3) is 0.643. The molecule has 5 nitrogen and oxygen atoms in total. The molecule has 132 valence electrons. The molecule has 0 saturated heterocycles. The Hall–Kier alpha value is -1.16. The van der Waals surface area contributed by atoms with Crippen LogP contribution >= 0.6 is 0 Å². The number of H-pyrrole nitrogens is 1. The van der Waals surface area contributed by atoms with Crippen LogP contribution in [0.1, 0.15) is 38.0 Å². The molecule has 0 saturated carbocycles. The minimum Gasteiger partial charge on any atom is -0.414 e. The molecule has 0 aliphatic rings. The minimum absolute atomic E-state index is 0.0103. The standard InChI is InChI=1S/C14H23F3N2O3Si/c1-13(2,3)23(4,5)21-8-11(22-18)9-6-10(14(15,16)17)12(20)19-7-9/h6-7,11H,8,18H2,1-5H3,(H,19,20). The lowest BCUT2D eigenvalue weighted by molar-refractivity contribution is -0.138. The number of nitrogens with two attached hydrogens (primary N) is 1. The van der Waals surface area contributed by atoms with Crippen molar-refractivity contribution in [2.45, 2.75) is 51.2 Å². The van der Waals surface area contributed by atoms with E-state index in [0.29, 0.717) is 0 Å². The summed E-state index contributed by atoms with van der Waals surface area (Å²) >= 11 is 0. The molecule has 3 N–H and O–H groups in total. The van der Waals surface area contributed by atoms with Gasteiger partial charge in [0.15, 0.2) is 8.32 Å². The zero-order valence-electron chi connectivity index (χ0n) is 13.9. The summed E-state index contributed by atoms with van der Waals surface area (Å²) in [5, 5.41) is -0.0612. The third kappa shape index (κ3) is 4.90. The molecule has 0 aliphatic carbocycles. The van der Waals surface area contributed by atoms with E-state index in [9.17, 15) is 18.0 Å². The number of pyridine rings is 1. The Morgan fingerprint density at radius 2 is 1.87 bits per heavy atom. The Bertz CT molecular complexity index is 594. The highest BCUT2D eigenvalue weighted by Gasteiger charge is 2.38. The first-order chi connectivity index (χ1) is 10.3. The normalized spacial score (nSPS) is 14.8. The van der Waals surface area contributed by atoms with Gasteiger partial charge in [-0.25, -0.2) is 5.90 Å². The van der Waals surface area contributed by atoms with Crippen molar-refractivity contribution in [1.29, 1.82) is 0 Å². The molecular weight excluding hydrogens is 329 g/mol. The molecule has 0 radical (unpaired) electrons. The van der Waals surface area contributed by atoms with Gasteiger partial charge in [-0.1, -0.05) is 20.8 Å². The third-order valence-electron chi connectivity index (χ3n) is 4.17. The maximum atomic E-state index is 12.8. The van der Waals surface area contributed by atoms with Crippen LogP contribution in [0.3, 0.4) is 0 Å². The monoisotopic (exact) mass is 352 g/mol. The molecule has 1 atom stereocenters. The second kappa shape index (κ2) is 6.76. The first-order valence-electron chi connectivity index (χ1n) is 7.09. The van der Waals surface area contributed by atoms with E-state index in [0.717, 1.165) is 12.3 Å². The van der Waals surface area contributed by atoms with Crippen LogP contribution in [0.4, 0.5) is 13.2 Å². The molecule has 1 unspecified atom stereocenters. The largest absolute Gasteiger partial charge is 0.421 e. The molecule has 1 heterocycles. The van der Waals surface area contributed by atoms with Crippen molar-refractivity contribution in [2.75, 3.05) is 6.61 Å². The lowest BCUT2D eigenvalue weighted by atomic mass is 10.1. The Balaban J connectivity index is 3.02. The molecule has 1 rings (SSSR count). The van der Waals surface area contributed by atoms with Crippen LogP contribution in [0, 0.1) is 0 Å². The first-order valence-corrected chi connectivity index (χ1v) is 10.00. The SMILES string of the molecule is CC(C)(C)[Si](C)(C)OCC(ON)c1c[nH]c(=O)c(C(F)(F)F)c1. The Morgan fingerprint density at radius 1 is 1.30 bits per heavy atom. The van der Waals surface area contributed by atoms with Crippen LogP contribution in [0.25, 0.3) is 0 Å². The fourth-order valence-corrected chi connectivity index (χ4v) is 2.61. The van der Waals surface area contributed by atoms with Crippen molar-refractivity contribution in [3.63, 3.8) is 0 Å². The van der Waals surface area contributed by atoms with Crippen molar-refractivity contribution in [3.05, 3.63) is 33.7 Å². The molecule has 1 aromatic rings. The van der Waals surface area contributed by atoms with Gasteiger partial charge in [0, 0.05) is 11.8 Å². The molecule has 1 aromatic heterocycles. The smallest absolute Gasteiger partial charge is 0.414 e. The molecule has 0 aromatic carbocycles. The van der Waals surface area contributed by atoms with Gasteiger partial charge in [-0.05, 0) is 24.2 Å². The zero-order chi connectivity index (χ0) is 18.1. The Morgan fingerprint density at radius 3 is 2.30 bits per heavy atom. The summed E-state index contributed by atoms with van der Waals surface area (Å²) in [6.07, 6.45) is -4.49. The van der Waals surface area contributed by atoms with E-state index in [1.807, 2.05) is 33.9 Å². The van der Waals surface area contributed by atoms with Gasteiger partial charge in [-0.3, -0.25) is 9.63 Å². The predicted octanol–water partition coefficient (Wildman–Crippen LogP) is 3.35. The number of alkyl halides is 3. The van der Waals surface area contributed by atoms with Crippen molar-refractivity contribution in [2.24, 2.45) is 5.90 Å². The van der Waals surface area contributed by atoms with Gasteiger partial charge < -0.3 is 9.41 Å². The second-order valence-electron chi connectivity index (χ2n) is 6.87. The van der Waals surface area contributed by atoms with Crippen LogP contribution in [-0.4, -0.2) is 19.9 Å². The van der Waals surface area contributed by atoms with Gasteiger partial charge in [-0.2, -0.15) is 13.2 Å². The van der Waals surface area contributed by atoms with E-state index >= 15 is 0 Å². The van der Waals surface area contributed by atoms with E-state index < -0.39 is 31.7 Å². The molecule has 0 aliphatic heterocycles. The number of hydrogen-bond acceptors (Lipinski definition) is 4. The molecule has 9 heteroatoms. The molecule has 0 fully saturated rings. The van der Waals surface area contributed by atoms with Gasteiger partial charge in [0.1, 0.15) is 11.7 Å². The highest BCUT2D eigenvalue weighted by Crippen LogP contribution is 2.37. The predicted molar refractivity (Wildman–Crippen MR) is 83.2 cm³/mol. The van der Waals surface area contributed by atoms with E-state index in [1.54, 1.807) is 0 Å². The molecule has 23 heavy (non-hydrogen) atoms. The quantitative estimate of drug-likeness (QED) is 0.629. The van der Waals surface area contributed by atoms with Gasteiger partial charge in [0.05, 0.1) is 6.61 Å². The summed E-state index contributed by atoms with van der Waals surface area (Å²) in [5.74, 6) is 5.20. The van der Waals surface area contributed by atoms with E-state index in [-0.39, 0.29) is 17.2 Å². The average molecular weight is 352 g/mol. The van der Waals surface area contributed by atoms with Crippen LogP contribution in [-0.2, 0) is 15.4 Å². The maximum Gasteiger partial charge on any atom is 0.421 e. The summed E-state index contributed by atoms with van der Waals surface area (Å²) in [6.45, 7) is 10.2. The lowest BCUT2D eigenvalue weighted by Crippen LogP contribution is -2.42. The van der Waals surface area contributed by atoms with Crippen molar-refractivity contribution in [3.8, 4) is 0 Å². The van der Waals surface area contributed by atoms with Crippen LogP contribution < -0.4 is 11.5 Å². The number of halogens is 3. The van der Waals surface area contributed by atoms with Crippen molar-refractivity contribution >= 4 is 8.32 Å². The Labute approximate surface area is 134 Å². The fourth-order valence-electron chi connectivity index (χ4n) is 1.61. The highest BCUT2D eigenvalue weighted by molar-refractivity contribution is 6.74. The summed E-state index contributed by atoms with van der Waals surface area (Å²) in [4.78, 5) is 18.1. The van der Waals surface area contributed by atoms with Crippen LogP contribution in [0.2, 0.25) is 18.1 Å². The number of hydrogen-bond donors (Lipinski definition) is 2. The van der Waals surface area contributed by atoms with Crippen LogP contribution in [0.5, 0.6) is 0 Å². The number of aromatic amines is 1. The maximum absolute atomic E-state index is 12.8. The molecule has 0 spiro atoms. The summed E-state index contributed by atoms with van der Waals surface area (Å²) in [7, 11) is -2.11. The van der Waals surface area contributed by atoms with E-state index in [4.69, 9.17) is 15.2 Å². The second-order valence-corrected chi connectivity index (χ2v) is 11.7. The summed E-state index contributed by atoms with van der Waals surface area (Å²) in [5.41, 5.74) is -2.38. The van der Waals surface area contributed by atoms with Crippen molar-refractivity contribution in [1.82, 2.24) is 4.98 Å². The third-order valence-corrected chi connectivity index (χ3v) is 8.67. The lowest BCUT2D eigenvalue weighted by Gasteiger charge is -2.37. The number of nitrogens with one attached hydrogen (secondary N) is 1. The summed E-state index contributed by atoms with van der Waals surface area (Å²) < 4.78 is 44.4. The molecule has 0 bridgehead atoms. The zero-order valence-corrected chi connectivity index (χ0v) is 14.9. The van der Waals surface area contributed by atoms with E-state index in [2.05, 4.69) is 4.98 Å². The van der Waals surface area contributed by atoms with Gasteiger partial charge in [-0.15, -0.1) is 0 Å². The Kier molecular flexibility index (Phi) is 5.84. The van der Waals surface area contributed by atoms with Gasteiger partial charge in [0.25, 0.3) is 5.56 Å². The highest BCUT2D eigenvalue weighted by atomic mass is 28.4. The number of rotatable bonds is 5. The van der Waals surface area contributed by atoms with Gasteiger partial charge in [0.2, 0.25) is 0 Å². The van der Waals surface area contributed by atoms with Crippen LogP contribution in [0.15, 0.2) is 17.1 Å². The minimum atomic E-state index is -4.75. The topological polar surface area (TPSA) is 77.3 Å². The molecule has 0 amide bonds. The molecular formula is C14H23F3N2O3Si. The summed E-state index contributed by atoms with van der Waals surface area (Å²) in [6, 6.07) is 0.741. The van der Waals surface area contributed by atoms with Gasteiger partial charge >= 0.3 is 6.18 Å².